The van der Waals surface area contributed by atoms with Crippen molar-refractivity contribution in [2.45, 2.75) is 45.4 Å². The predicted molar refractivity (Wildman–Crippen MR) is 163 cm³/mol. The van der Waals surface area contributed by atoms with Gasteiger partial charge in [0.1, 0.15) is 11.6 Å². The Morgan fingerprint density at radius 3 is 2.30 bits per heavy atom. The number of hydrogen-bond donors (Lipinski definition) is 3. The van der Waals surface area contributed by atoms with Gasteiger partial charge in [-0.1, -0.05) is 61.5 Å². The normalized spacial score (nSPS) is 12.4. The van der Waals surface area contributed by atoms with E-state index in [0.29, 0.717) is 34.4 Å². The summed E-state index contributed by atoms with van der Waals surface area (Å²) in [6, 6.07) is 24.1. The van der Waals surface area contributed by atoms with E-state index in [-0.39, 0.29) is 19.6 Å². The zero-order valence-electron chi connectivity index (χ0n) is 24.3. The van der Waals surface area contributed by atoms with Gasteiger partial charge in [-0.3, -0.25) is 4.79 Å². The Morgan fingerprint density at radius 2 is 1.56 bits per heavy atom. The fraction of sp³-hybridized carbons (Fsp3) is 0.257. The number of nitrogens with one attached hydrogen (secondary N) is 2. The molecular formula is C35H36F2N2O4. The summed E-state index contributed by atoms with van der Waals surface area (Å²) in [5, 5.41) is 17.2. The molecule has 0 aliphatic rings. The Kier molecular flexibility index (Phi) is 11.1. The summed E-state index contributed by atoms with van der Waals surface area (Å²) in [6.45, 7) is 4.67. The second kappa shape index (κ2) is 15.2. The summed E-state index contributed by atoms with van der Waals surface area (Å²) < 4.78 is 33.1. The highest BCUT2D eigenvalue weighted by Crippen LogP contribution is 2.25. The van der Waals surface area contributed by atoms with Crippen LogP contribution in [0.3, 0.4) is 0 Å². The Morgan fingerprint density at radius 1 is 0.837 bits per heavy atom. The zero-order chi connectivity index (χ0) is 30.8. The highest BCUT2D eigenvalue weighted by atomic mass is 19.1. The zero-order valence-corrected chi connectivity index (χ0v) is 24.3. The third kappa shape index (κ3) is 8.80. The van der Waals surface area contributed by atoms with E-state index in [1.54, 1.807) is 55.5 Å². The molecular weight excluding hydrogens is 550 g/mol. The molecule has 4 aromatic carbocycles. The predicted octanol–water partition coefficient (Wildman–Crippen LogP) is 5.86. The fourth-order valence-corrected chi connectivity index (χ4v) is 4.93. The SMILES string of the molecule is CCOC(=O)c1ccccc1-c1cccc(C(=O)N[C@@H](Cc2cc(F)cc(F)c2)[C@H](O)CNCc2cccc(CC)c2)c1. The van der Waals surface area contributed by atoms with Crippen LogP contribution in [-0.4, -0.2) is 42.3 Å². The van der Waals surface area contributed by atoms with Gasteiger partial charge in [-0.15, -0.1) is 0 Å². The smallest absolute Gasteiger partial charge is 0.338 e. The van der Waals surface area contributed by atoms with Crippen molar-refractivity contribution < 1.29 is 28.2 Å². The van der Waals surface area contributed by atoms with E-state index >= 15 is 0 Å². The van der Waals surface area contributed by atoms with Gasteiger partial charge in [0.2, 0.25) is 0 Å². The van der Waals surface area contributed by atoms with Crippen LogP contribution in [0.4, 0.5) is 8.78 Å². The van der Waals surface area contributed by atoms with Crippen molar-refractivity contribution >= 4 is 11.9 Å². The highest BCUT2D eigenvalue weighted by Gasteiger charge is 2.24. The van der Waals surface area contributed by atoms with Crippen LogP contribution >= 0.6 is 0 Å². The minimum absolute atomic E-state index is 0.0000307. The van der Waals surface area contributed by atoms with Crippen LogP contribution in [0.15, 0.2) is 91.0 Å². The molecule has 0 spiro atoms. The number of esters is 1. The third-order valence-corrected chi connectivity index (χ3v) is 7.10. The van der Waals surface area contributed by atoms with Gasteiger partial charge in [0.25, 0.3) is 5.91 Å². The standard InChI is InChI=1S/C35H36F2N2O4/c1-3-23-9-7-10-24(15-23)21-38-22-33(40)32(18-25-16-28(36)20-29(37)17-25)39-34(41)27-12-8-11-26(19-27)30-13-5-6-14-31(30)35(42)43-4-2/h5-17,19-20,32-33,38,40H,3-4,18,21-22H2,1-2H3,(H,39,41)/t32-,33+/m0/s1. The van der Waals surface area contributed by atoms with Crippen molar-refractivity contribution in [3.63, 3.8) is 0 Å². The number of aliphatic hydroxyl groups excluding tert-OH is 1. The van der Waals surface area contributed by atoms with E-state index in [2.05, 4.69) is 23.6 Å². The van der Waals surface area contributed by atoms with E-state index in [0.717, 1.165) is 18.1 Å². The van der Waals surface area contributed by atoms with E-state index in [1.807, 2.05) is 18.2 Å². The molecule has 6 nitrogen and oxygen atoms in total. The Labute approximate surface area is 250 Å². The van der Waals surface area contributed by atoms with Crippen LogP contribution in [0.25, 0.3) is 11.1 Å². The summed E-state index contributed by atoms with van der Waals surface area (Å²) in [7, 11) is 0. The summed E-state index contributed by atoms with van der Waals surface area (Å²) in [4.78, 5) is 26.0. The lowest BCUT2D eigenvalue weighted by atomic mass is 9.97. The van der Waals surface area contributed by atoms with E-state index in [1.165, 1.54) is 17.7 Å². The minimum Gasteiger partial charge on any atom is -0.462 e. The molecule has 0 fully saturated rings. The molecule has 0 saturated carbocycles. The number of amides is 1. The molecule has 3 N–H and O–H groups in total. The van der Waals surface area contributed by atoms with Crippen molar-refractivity contribution in [2.24, 2.45) is 0 Å². The molecule has 0 radical (unpaired) electrons. The summed E-state index contributed by atoms with van der Waals surface area (Å²) >= 11 is 0. The largest absolute Gasteiger partial charge is 0.462 e. The number of rotatable bonds is 13. The monoisotopic (exact) mass is 586 g/mol. The summed E-state index contributed by atoms with van der Waals surface area (Å²) in [5.41, 5.74) is 4.47. The van der Waals surface area contributed by atoms with Crippen molar-refractivity contribution in [3.8, 4) is 11.1 Å². The first-order valence-electron chi connectivity index (χ1n) is 14.4. The van der Waals surface area contributed by atoms with Crippen LogP contribution < -0.4 is 10.6 Å². The lowest BCUT2D eigenvalue weighted by molar-refractivity contribution is 0.0527. The summed E-state index contributed by atoms with van der Waals surface area (Å²) in [5.74, 6) is -2.42. The minimum atomic E-state index is -1.07. The molecule has 4 aromatic rings. The van der Waals surface area contributed by atoms with Gasteiger partial charge in [-0.25, -0.2) is 13.6 Å². The lowest BCUT2D eigenvalue weighted by Gasteiger charge is -2.25. The van der Waals surface area contributed by atoms with Crippen molar-refractivity contribution in [1.29, 1.82) is 0 Å². The number of carbonyl (C=O) groups is 2. The highest BCUT2D eigenvalue weighted by molar-refractivity contribution is 5.99. The van der Waals surface area contributed by atoms with Crippen molar-refractivity contribution in [3.05, 3.63) is 130 Å². The van der Waals surface area contributed by atoms with Crippen LogP contribution in [0.1, 0.15) is 51.3 Å². The molecule has 224 valence electrons. The number of halogens is 2. The molecule has 1 amide bonds. The maximum absolute atomic E-state index is 14.0. The Bertz CT molecular complexity index is 1540. The topological polar surface area (TPSA) is 87.7 Å². The molecule has 0 heterocycles. The fourth-order valence-electron chi connectivity index (χ4n) is 4.93. The second-order valence-corrected chi connectivity index (χ2v) is 10.3. The average Bonchev–Trinajstić information content (AvgIpc) is 3.00. The molecule has 0 unspecified atom stereocenters. The lowest BCUT2D eigenvalue weighted by Crippen LogP contribution is -2.48. The van der Waals surface area contributed by atoms with Gasteiger partial charge < -0.3 is 20.5 Å². The first-order valence-corrected chi connectivity index (χ1v) is 14.4. The molecule has 2 atom stereocenters. The van der Waals surface area contributed by atoms with Crippen molar-refractivity contribution in [1.82, 2.24) is 10.6 Å². The number of ether oxygens (including phenoxy) is 1. The molecule has 8 heteroatoms. The van der Waals surface area contributed by atoms with Crippen LogP contribution in [0.5, 0.6) is 0 Å². The first kappa shape index (κ1) is 31.5. The van der Waals surface area contributed by atoms with Gasteiger partial charge in [0, 0.05) is 24.7 Å². The molecule has 0 bridgehead atoms. The van der Waals surface area contributed by atoms with E-state index < -0.39 is 35.7 Å². The van der Waals surface area contributed by atoms with Gasteiger partial charge in [0.05, 0.1) is 24.3 Å². The van der Waals surface area contributed by atoms with E-state index in [9.17, 15) is 23.5 Å². The Hall–Kier alpha value is -4.40. The van der Waals surface area contributed by atoms with Gasteiger partial charge >= 0.3 is 5.97 Å². The van der Waals surface area contributed by atoms with Crippen LogP contribution in [-0.2, 0) is 24.1 Å². The van der Waals surface area contributed by atoms with Crippen LogP contribution in [0, 0.1) is 11.6 Å². The van der Waals surface area contributed by atoms with Crippen LogP contribution in [0.2, 0.25) is 0 Å². The van der Waals surface area contributed by atoms with Gasteiger partial charge in [-0.05, 0) is 77.9 Å². The molecule has 43 heavy (non-hydrogen) atoms. The number of hydrogen-bond acceptors (Lipinski definition) is 5. The maximum Gasteiger partial charge on any atom is 0.338 e. The van der Waals surface area contributed by atoms with Gasteiger partial charge in [-0.2, -0.15) is 0 Å². The number of aryl methyl sites for hydroxylation is 1. The van der Waals surface area contributed by atoms with E-state index in [4.69, 9.17) is 4.74 Å². The molecule has 0 aliphatic heterocycles. The molecule has 4 rings (SSSR count). The molecule has 0 saturated heterocycles. The average molecular weight is 587 g/mol. The number of aliphatic hydroxyl groups is 1. The maximum atomic E-state index is 14.0. The number of benzene rings is 4. The van der Waals surface area contributed by atoms with Gasteiger partial charge in [0.15, 0.2) is 0 Å². The summed E-state index contributed by atoms with van der Waals surface area (Å²) in [6.07, 6.45) is -0.165. The second-order valence-electron chi connectivity index (χ2n) is 10.3. The van der Waals surface area contributed by atoms with Crippen molar-refractivity contribution in [2.75, 3.05) is 13.2 Å². The molecule has 0 aliphatic carbocycles. The number of carbonyl (C=O) groups excluding carboxylic acids is 2. The third-order valence-electron chi connectivity index (χ3n) is 7.10. The first-order chi connectivity index (χ1) is 20.8. The molecule has 0 aromatic heterocycles. The quantitative estimate of drug-likeness (QED) is 0.171. The Balaban J connectivity index is 1.53.